The van der Waals surface area contributed by atoms with Crippen molar-refractivity contribution in [1.82, 2.24) is 19.7 Å². The number of nitriles is 1. The molecule has 2 aromatic heterocycles. The Kier molecular flexibility index (Phi) is 7.14. The van der Waals surface area contributed by atoms with Crippen molar-refractivity contribution < 1.29 is 9.18 Å². The molecular formula is C24H27FN6OS. The second-order valence-electron chi connectivity index (χ2n) is 8.51. The molecular weight excluding hydrogens is 439 g/mol. The van der Waals surface area contributed by atoms with Crippen molar-refractivity contribution in [3.8, 4) is 6.07 Å². The highest BCUT2D eigenvalue weighted by Crippen LogP contribution is 2.29. The van der Waals surface area contributed by atoms with E-state index in [0.717, 1.165) is 29.1 Å². The van der Waals surface area contributed by atoms with Gasteiger partial charge in [-0.25, -0.2) is 9.37 Å². The van der Waals surface area contributed by atoms with Gasteiger partial charge < -0.3 is 9.88 Å². The number of thioether (sulfide) groups is 1. The van der Waals surface area contributed by atoms with Crippen molar-refractivity contribution in [2.75, 3.05) is 11.1 Å². The van der Waals surface area contributed by atoms with E-state index in [0.29, 0.717) is 29.0 Å². The van der Waals surface area contributed by atoms with Gasteiger partial charge in [0, 0.05) is 18.7 Å². The molecule has 0 atom stereocenters. The van der Waals surface area contributed by atoms with E-state index in [4.69, 9.17) is 0 Å². The van der Waals surface area contributed by atoms with Gasteiger partial charge in [0.2, 0.25) is 11.1 Å². The zero-order chi connectivity index (χ0) is 23.4. The molecule has 3 aromatic rings. The van der Waals surface area contributed by atoms with Gasteiger partial charge in [-0.2, -0.15) is 5.26 Å². The minimum atomic E-state index is -0.305. The van der Waals surface area contributed by atoms with Crippen molar-refractivity contribution >= 4 is 23.5 Å². The zero-order valence-corrected chi connectivity index (χ0v) is 19.6. The maximum atomic E-state index is 13.3. The second kappa shape index (κ2) is 10.2. The Hall–Kier alpha value is -3.12. The number of H-pyrrole nitrogens is 1. The first-order valence-corrected chi connectivity index (χ1v) is 12.1. The average Bonchev–Trinajstić information content (AvgIpc) is 3.53. The van der Waals surface area contributed by atoms with Gasteiger partial charge in [0.15, 0.2) is 0 Å². The number of aromatic nitrogens is 4. The minimum Gasteiger partial charge on any atom is -0.326 e. The molecule has 0 radical (unpaired) electrons. The number of hydrogen-bond donors (Lipinski definition) is 2. The predicted molar refractivity (Wildman–Crippen MR) is 126 cm³/mol. The number of nitrogens with one attached hydrogen (secondary N) is 2. The van der Waals surface area contributed by atoms with Crippen molar-refractivity contribution in [2.24, 2.45) is 5.92 Å². The zero-order valence-electron chi connectivity index (χ0n) is 18.8. The summed E-state index contributed by atoms with van der Waals surface area (Å²) >= 11 is 1.26. The molecule has 4 rings (SSSR count). The molecule has 0 spiro atoms. The average molecular weight is 467 g/mol. The number of rotatable bonds is 8. The summed E-state index contributed by atoms with van der Waals surface area (Å²) in [7, 11) is 0. The molecule has 172 valence electrons. The highest BCUT2D eigenvalue weighted by Gasteiger charge is 2.21. The third-order valence-electron chi connectivity index (χ3n) is 6.25. The minimum absolute atomic E-state index is 0.130. The normalized spacial score (nSPS) is 13.9. The fraction of sp³-hybridized carbons (Fsp3) is 0.417. The van der Waals surface area contributed by atoms with Crippen LogP contribution < -0.4 is 5.32 Å². The van der Waals surface area contributed by atoms with E-state index in [9.17, 15) is 14.4 Å². The predicted octanol–water partition coefficient (Wildman–Crippen LogP) is 4.75. The molecule has 1 aromatic carbocycles. The summed E-state index contributed by atoms with van der Waals surface area (Å²) in [5, 5.41) is 20.4. The molecule has 0 bridgehead atoms. The van der Waals surface area contributed by atoms with Crippen LogP contribution in [0.4, 0.5) is 10.2 Å². The number of benzene rings is 1. The van der Waals surface area contributed by atoms with Crippen LogP contribution in [0.25, 0.3) is 0 Å². The lowest BCUT2D eigenvalue weighted by Crippen LogP contribution is -2.18. The summed E-state index contributed by atoms with van der Waals surface area (Å²) in [5.74, 6) is 1.59. The van der Waals surface area contributed by atoms with Gasteiger partial charge in [-0.05, 0) is 43.0 Å². The Bertz CT molecular complexity index is 1170. The summed E-state index contributed by atoms with van der Waals surface area (Å²) in [5.41, 5.74) is 3.00. The van der Waals surface area contributed by atoms with E-state index in [2.05, 4.69) is 26.6 Å². The third-order valence-corrected chi connectivity index (χ3v) is 7.10. The topological polar surface area (TPSA) is 99.4 Å². The number of halogens is 1. The first kappa shape index (κ1) is 23.1. The fourth-order valence-electron chi connectivity index (χ4n) is 4.32. The fourth-order valence-corrected chi connectivity index (χ4v) is 4.94. The van der Waals surface area contributed by atoms with Gasteiger partial charge in [0.1, 0.15) is 23.5 Å². The number of carbonyl (C=O) groups is 1. The number of nitrogens with zero attached hydrogens (tertiary/aromatic N) is 4. The Balaban J connectivity index is 1.42. The van der Waals surface area contributed by atoms with Gasteiger partial charge in [-0.15, -0.1) is 5.10 Å². The molecule has 1 saturated carbocycles. The lowest BCUT2D eigenvalue weighted by Gasteiger charge is -2.13. The van der Waals surface area contributed by atoms with E-state index in [-0.39, 0.29) is 17.5 Å². The van der Waals surface area contributed by atoms with E-state index in [1.54, 1.807) is 12.1 Å². The van der Waals surface area contributed by atoms with E-state index >= 15 is 0 Å². The van der Waals surface area contributed by atoms with Crippen LogP contribution in [-0.4, -0.2) is 31.4 Å². The summed E-state index contributed by atoms with van der Waals surface area (Å²) in [4.78, 5) is 17.3. The Morgan fingerprint density at radius 1 is 1.30 bits per heavy atom. The number of aromatic amines is 1. The van der Waals surface area contributed by atoms with Crippen LogP contribution >= 0.6 is 11.8 Å². The molecule has 0 unspecified atom stereocenters. The van der Waals surface area contributed by atoms with E-state index in [1.165, 1.54) is 49.6 Å². The molecule has 9 heteroatoms. The van der Waals surface area contributed by atoms with Gasteiger partial charge in [-0.1, -0.05) is 49.6 Å². The molecule has 1 aliphatic rings. The van der Waals surface area contributed by atoms with Gasteiger partial charge in [0.25, 0.3) is 0 Å². The molecule has 2 heterocycles. The Labute approximate surface area is 196 Å². The van der Waals surface area contributed by atoms with Crippen LogP contribution in [-0.2, 0) is 17.8 Å². The van der Waals surface area contributed by atoms with Gasteiger partial charge in [-0.3, -0.25) is 9.89 Å². The first-order valence-electron chi connectivity index (χ1n) is 11.1. The highest BCUT2D eigenvalue weighted by molar-refractivity contribution is 7.99. The van der Waals surface area contributed by atoms with Crippen LogP contribution in [0, 0.1) is 36.9 Å². The van der Waals surface area contributed by atoms with Crippen LogP contribution in [0.1, 0.15) is 53.9 Å². The van der Waals surface area contributed by atoms with Crippen molar-refractivity contribution in [2.45, 2.75) is 57.7 Å². The largest absolute Gasteiger partial charge is 0.326 e. The number of hydrogen-bond acceptors (Lipinski definition) is 5. The molecule has 1 amide bonds. The maximum Gasteiger partial charge on any atom is 0.235 e. The number of anilines is 1. The van der Waals surface area contributed by atoms with Crippen LogP contribution in [0.5, 0.6) is 0 Å². The molecule has 0 saturated heterocycles. The first-order chi connectivity index (χ1) is 15.9. The number of amides is 1. The van der Waals surface area contributed by atoms with E-state index in [1.807, 2.05) is 18.4 Å². The van der Waals surface area contributed by atoms with Crippen molar-refractivity contribution in [3.63, 3.8) is 0 Å². The lowest BCUT2D eigenvalue weighted by molar-refractivity contribution is -0.113. The monoisotopic (exact) mass is 466 g/mol. The molecule has 0 aliphatic heterocycles. The summed E-state index contributed by atoms with van der Waals surface area (Å²) in [6, 6.07) is 8.41. The lowest BCUT2D eigenvalue weighted by atomic mass is 10.0. The molecule has 1 aliphatic carbocycles. The molecule has 33 heavy (non-hydrogen) atoms. The van der Waals surface area contributed by atoms with Crippen molar-refractivity contribution in [1.29, 1.82) is 5.26 Å². The standard InChI is InChI=1S/C24H27FN6OS/c1-15-16(2)31(13-18-7-9-19(25)10-8-18)23(20(15)12-26)28-22(32)14-33-24-27-21(29-30-24)11-17-5-3-4-6-17/h7-10,17H,3-6,11,13-14H2,1-2H3,(H,28,32)(H,27,29,30). The summed E-state index contributed by atoms with van der Waals surface area (Å²) in [6.45, 7) is 4.19. The molecule has 7 nitrogen and oxygen atoms in total. The summed E-state index contributed by atoms with van der Waals surface area (Å²) < 4.78 is 15.2. The molecule has 1 fully saturated rings. The van der Waals surface area contributed by atoms with Crippen LogP contribution in [0.2, 0.25) is 0 Å². The van der Waals surface area contributed by atoms with E-state index < -0.39 is 0 Å². The SMILES string of the molecule is Cc1c(C#N)c(NC(=O)CSc2n[nH]c(CC3CCCC3)n2)n(Cc2ccc(F)cc2)c1C. The van der Waals surface area contributed by atoms with Crippen LogP contribution in [0.3, 0.4) is 0 Å². The smallest absolute Gasteiger partial charge is 0.235 e. The molecule has 2 N–H and O–H groups in total. The quantitative estimate of drug-likeness (QED) is 0.467. The second-order valence-corrected chi connectivity index (χ2v) is 9.46. The van der Waals surface area contributed by atoms with Crippen LogP contribution in [0.15, 0.2) is 29.4 Å². The Morgan fingerprint density at radius 2 is 2.03 bits per heavy atom. The van der Waals surface area contributed by atoms with Gasteiger partial charge >= 0.3 is 0 Å². The third kappa shape index (κ3) is 5.45. The highest BCUT2D eigenvalue weighted by atomic mass is 32.2. The Morgan fingerprint density at radius 3 is 2.73 bits per heavy atom. The van der Waals surface area contributed by atoms with Gasteiger partial charge in [0.05, 0.1) is 11.3 Å². The van der Waals surface area contributed by atoms with Crippen molar-refractivity contribution in [3.05, 3.63) is 58.3 Å². The maximum absolute atomic E-state index is 13.3. The number of carbonyl (C=O) groups excluding carboxylic acids is 1. The summed E-state index contributed by atoms with van der Waals surface area (Å²) in [6.07, 6.45) is 5.95.